The van der Waals surface area contributed by atoms with Crippen LogP contribution in [0.3, 0.4) is 0 Å². The molecule has 0 saturated heterocycles. The summed E-state index contributed by atoms with van der Waals surface area (Å²) in [5, 5.41) is 0. The second kappa shape index (κ2) is 41.4. The Labute approximate surface area is 323 Å². The molecule has 0 spiro atoms. The molecule has 297 valence electrons. The Kier molecular flexibility index (Phi) is 47.6. The van der Waals surface area contributed by atoms with E-state index in [1.54, 1.807) is 0 Å². The standard InChI is InChI=1S/3C12H26O3S.Sc/c3*1-2-3-4-5-6-7-8-9-10-11-12-16(13,14)15;/h3*2-12H2,1H3,(H,13,14,15);. The van der Waals surface area contributed by atoms with Gasteiger partial charge in [0.05, 0.1) is 17.3 Å². The third-order valence-electron chi connectivity index (χ3n) is 8.27. The van der Waals surface area contributed by atoms with Gasteiger partial charge in [-0.25, -0.2) is 0 Å². The molecule has 0 aromatic rings. The first-order chi connectivity index (χ1) is 22.7. The third-order valence-corrected chi connectivity index (χ3v) is 10.7. The zero-order chi connectivity index (χ0) is 36.8. The van der Waals surface area contributed by atoms with Gasteiger partial charge in [0, 0.05) is 25.8 Å². The molecule has 3 N–H and O–H groups in total. The van der Waals surface area contributed by atoms with Gasteiger partial charge in [-0.15, -0.1) is 0 Å². The van der Waals surface area contributed by atoms with E-state index >= 15 is 0 Å². The molecule has 0 aliphatic heterocycles. The maximum absolute atomic E-state index is 10.4. The normalized spacial score (nSPS) is 11.6. The Morgan fingerprint density at radius 1 is 0.265 bits per heavy atom. The maximum atomic E-state index is 10.4. The molecule has 0 saturated carbocycles. The van der Waals surface area contributed by atoms with Crippen LogP contribution in [0.5, 0.6) is 0 Å². The van der Waals surface area contributed by atoms with Crippen LogP contribution in [0, 0.1) is 0 Å². The van der Waals surface area contributed by atoms with Crippen LogP contribution in [0.25, 0.3) is 0 Å². The molecule has 0 amide bonds. The minimum atomic E-state index is -3.73. The molecule has 13 heteroatoms. The molecule has 0 aromatic heterocycles. The molecular weight excluding hydrogens is 718 g/mol. The van der Waals surface area contributed by atoms with Gasteiger partial charge in [-0.2, -0.15) is 25.3 Å². The van der Waals surface area contributed by atoms with Crippen molar-refractivity contribution in [2.75, 3.05) is 17.3 Å². The first kappa shape index (κ1) is 56.3. The number of hydrogen-bond donors (Lipinski definition) is 3. The zero-order valence-corrected chi connectivity index (χ0v) is 36.2. The van der Waals surface area contributed by atoms with E-state index < -0.39 is 30.4 Å². The zero-order valence-electron chi connectivity index (χ0n) is 31.9. The van der Waals surface area contributed by atoms with E-state index in [0.717, 1.165) is 38.5 Å². The molecule has 0 fully saturated rings. The number of unbranched alkanes of at least 4 members (excludes halogenated alkanes) is 27. The number of hydrogen-bond acceptors (Lipinski definition) is 6. The van der Waals surface area contributed by atoms with Crippen LogP contribution < -0.4 is 0 Å². The summed E-state index contributed by atoms with van der Waals surface area (Å²) in [6.07, 6.45) is 35.0. The fourth-order valence-electron chi connectivity index (χ4n) is 5.32. The van der Waals surface area contributed by atoms with Crippen LogP contribution in [0.2, 0.25) is 0 Å². The van der Waals surface area contributed by atoms with Gasteiger partial charge in [-0.05, 0) is 19.3 Å². The van der Waals surface area contributed by atoms with Crippen LogP contribution in [-0.2, 0) is 56.2 Å². The Morgan fingerprint density at radius 2 is 0.388 bits per heavy atom. The predicted octanol–water partition coefficient (Wildman–Crippen LogP) is 11.4. The summed E-state index contributed by atoms with van der Waals surface area (Å²) < 4.78 is 88.1. The SMILES string of the molecule is CCCCCCCCCCCCS(=O)(=O)O.CCCCCCCCCCCCS(=O)(=O)O.CCCCCCCCCCCCS(=O)(=O)O.[Sc]. The summed E-state index contributed by atoms with van der Waals surface area (Å²) in [6, 6.07) is 0. The molecule has 0 heterocycles. The largest absolute Gasteiger partial charge is 0.286 e. The molecule has 0 aliphatic carbocycles. The summed E-state index contributed by atoms with van der Waals surface area (Å²) in [5.41, 5.74) is 0. The Morgan fingerprint density at radius 3 is 0.510 bits per heavy atom. The van der Waals surface area contributed by atoms with E-state index in [1.165, 1.54) is 135 Å². The topological polar surface area (TPSA) is 163 Å². The Balaban J connectivity index is -0.000000307. The predicted molar refractivity (Wildman–Crippen MR) is 205 cm³/mol. The monoisotopic (exact) mass is 795 g/mol. The van der Waals surface area contributed by atoms with Gasteiger partial charge in [0.1, 0.15) is 0 Å². The Hall–Kier alpha value is 0.600. The van der Waals surface area contributed by atoms with Crippen molar-refractivity contribution in [2.45, 2.75) is 213 Å². The summed E-state index contributed by atoms with van der Waals surface area (Å²) in [7, 11) is -11.2. The van der Waals surface area contributed by atoms with Crippen LogP contribution in [0.4, 0.5) is 0 Å². The van der Waals surface area contributed by atoms with Crippen molar-refractivity contribution in [3.8, 4) is 0 Å². The summed E-state index contributed by atoms with van der Waals surface area (Å²) in [6.45, 7) is 6.65. The van der Waals surface area contributed by atoms with E-state index in [0.29, 0.717) is 19.3 Å². The van der Waals surface area contributed by atoms with Crippen molar-refractivity contribution in [3.63, 3.8) is 0 Å². The molecule has 1 radical (unpaired) electrons. The summed E-state index contributed by atoms with van der Waals surface area (Å²) >= 11 is 0. The van der Waals surface area contributed by atoms with Crippen molar-refractivity contribution in [1.82, 2.24) is 0 Å². The summed E-state index contributed by atoms with van der Waals surface area (Å²) in [5.74, 6) is -0.240. The smallest absolute Gasteiger partial charge is 0.264 e. The minimum Gasteiger partial charge on any atom is -0.286 e. The average Bonchev–Trinajstić information content (AvgIpc) is 2.99. The molecule has 9 nitrogen and oxygen atoms in total. The molecule has 0 bridgehead atoms. The molecule has 0 aromatic carbocycles. The second-order valence-corrected chi connectivity index (χ2v) is 18.1. The van der Waals surface area contributed by atoms with Gasteiger partial charge in [0.15, 0.2) is 0 Å². The van der Waals surface area contributed by atoms with Gasteiger partial charge < -0.3 is 0 Å². The maximum Gasteiger partial charge on any atom is 0.264 e. The van der Waals surface area contributed by atoms with Gasteiger partial charge in [0.25, 0.3) is 30.4 Å². The fraction of sp³-hybridized carbons (Fsp3) is 1.00. The van der Waals surface area contributed by atoms with Crippen LogP contribution >= 0.6 is 0 Å². The van der Waals surface area contributed by atoms with Crippen molar-refractivity contribution in [1.29, 1.82) is 0 Å². The van der Waals surface area contributed by atoms with Crippen molar-refractivity contribution >= 4 is 30.4 Å². The van der Waals surface area contributed by atoms with Gasteiger partial charge >= 0.3 is 0 Å². The molecule has 0 rings (SSSR count). The van der Waals surface area contributed by atoms with E-state index in [9.17, 15) is 25.3 Å². The quantitative estimate of drug-likeness (QED) is 0.0433. The van der Waals surface area contributed by atoms with E-state index in [1.807, 2.05) is 0 Å². The van der Waals surface area contributed by atoms with Crippen molar-refractivity contribution in [2.24, 2.45) is 0 Å². The van der Waals surface area contributed by atoms with E-state index in [4.69, 9.17) is 13.7 Å². The van der Waals surface area contributed by atoms with Crippen LogP contribution in [0.1, 0.15) is 213 Å². The molecule has 0 atom stereocenters. The van der Waals surface area contributed by atoms with Crippen LogP contribution in [0.15, 0.2) is 0 Å². The van der Waals surface area contributed by atoms with Crippen LogP contribution in [-0.4, -0.2) is 56.2 Å². The third kappa shape index (κ3) is 67.3. The first-order valence-electron chi connectivity index (χ1n) is 19.5. The average molecular weight is 796 g/mol. The minimum absolute atomic E-state index is 0. The Bertz CT molecular complexity index is 835. The molecule has 49 heavy (non-hydrogen) atoms. The van der Waals surface area contributed by atoms with E-state index in [-0.39, 0.29) is 43.1 Å². The van der Waals surface area contributed by atoms with Gasteiger partial charge in [-0.3, -0.25) is 13.7 Å². The summed E-state index contributed by atoms with van der Waals surface area (Å²) in [4.78, 5) is 0. The van der Waals surface area contributed by atoms with Gasteiger partial charge in [0.2, 0.25) is 0 Å². The van der Waals surface area contributed by atoms with E-state index in [2.05, 4.69) is 20.8 Å². The van der Waals surface area contributed by atoms with Crippen molar-refractivity contribution in [3.05, 3.63) is 0 Å². The molecule has 0 unspecified atom stereocenters. The second-order valence-electron chi connectivity index (χ2n) is 13.4. The molecule has 0 aliphatic rings. The first-order valence-corrected chi connectivity index (χ1v) is 24.4. The molecular formula is C36H78O9S3Sc. The number of rotatable bonds is 33. The van der Waals surface area contributed by atoms with Crippen molar-refractivity contribution < 1.29 is 64.8 Å². The fourth-order valence-corrected chi connectivity index (χ4v) is 7.02. The van der Waals surface area contributed by atoms with Gasteiger partial charge in [-0.1, -0.05) is 194 Å².